The molecule has 0 aromatic heterocycles. The fourth-order valence-electron chi connectivity index (χ4n) is 6.64. The minimum Gasteiger partial charge on any atom is -0.457 e. The van der Waals surface area contributed by atoms with Crippen LogP contribution in [0.25, 0.3) is 0 Å². The maximum atomic E-state index is 12.8. The quantitative estimate of drug-likeness (QED) is 0.0148. The SMILES string of the molecule is CC/C=C\C/C=C\C/C=C\C/C=C\C/C=C\C/C=C\CCCOCC(COP(=O)(O)OC1C(O)C(O)C(O)C(O)C1O)OC(=O)CCCCCCCCC/C=C\C/C=C\CCCCC. The molecule has 0 aliphatic heterocycles. The smallest absolute Gasteiger partial charge is 0.457 e. The molecule has 12 nitrogen and oxygen atoms in total. The predicted molar refractivity (Wildman–Crippen MR) is 257 cm³/mol. The zero-order chi connectivity index (χ0) is 46.9. The van der Waals surface area contributed by atoms with Gasteiger partial charge in [0.25, 0.3) is 0 Å². The maximum Gasteiger partial charge on any atom is 0.472 e. The number of unbranched alkanes of at least 4 members (excludes halogenated alkanes) is 11. The first-order chi connectivity index (χ1) is 31.0. The van der Waals surface area contributed by atoms with Gasteiger partial charge in [0.15, 0.2) is 0 Å². The van der Waals surface area contributed by atoms with E-state index in [1.807, 2.05) is 0 Å². The molecule has 1 fully saturated rings. The van der Waals surface area contributed by atoms with Crippen LogP contribution in [0.3, 0.4) is 0 Å². The summed E-state index contributed by atoms with van der Waals surface area (Å²) in [6, 6.07) is 0. The molecule has 6 N–H and O–H groups in total. The van der Waals surface area contributed by atoms with E-state index in [0.717, 1.165) is 89.9 Å². The van der Waals surface area contributed by atoms with E-state index in [0.29, 0.717) is 19.4 Å². The van der Waals surface area contributed by atoms with Crippen molar-refractivity contribution in [3.05, 3.63) is 97.2 Å². The Hall–Kier alpha value is -2.74. The third kappa shape index (κ3) is 32.0. The van der Waals surface area contributed by atoms with Gasteiger partial charge in [-0.1, -0.05) is 156 Å². The number of carbonyl (C=O) groups is 1. The number of esters is 1. The molecular formula is C51H85O12P. The van der Waals surface area contributed by atoms with E-state index >= 15 is 0 Å². The molecule has 13 heteroatoms. The van der Waals surface area contributed by atoms with E-state index in [2.05, 4.69) is 111 Å². The summed E-state index contributed by atoms with van der Waals surface area (Å²) >= 11 is 0. The van der Waals surface area contributed by atoms with Gasteiger partial charge in [0, 0.05) is 13.0 Å². The highest BCUT2D eigenvalue weighted by Crippen LogP contribution is 2.47. The highest BCUT2D eigenvalue weighted by atomic mass is 31.2. The van der Waals surface area contributed by atoms with Gasteiger partial charge in [-0.25, -0.2) is 4.57 Å². The highest BCUT2D eigenvalue weighted by molar-refractivity contribution is 7.47. The molecule has 0 aromatic rings. The van der Waals surface area contributed by atoms with E-state index in [1.54, 1.807) is 0 Å². The summed E-state index contributed by atoms with van der Waals surface area (Å²) in [5, 5.41) is 50.2. The molecule has 1 rings (SSSR count). The number of carbonyl (C=O) groups excluding carboxylic acids is 1. The number of aliphatic hydroxyl groups is 5. The first-order valence-corrected chi connectivity index (χ1v) is 25.6. The zero-order valence-corrected chi connectivity index (χ0v) is 39.9. The monoisotopic (exact) mass is 921 g/mol. The molecule has 0 heterocycles. The topological polar surface area (TPSA) is 192 Å². The molecule has 0 aromatic carbocycles. The van der Waals surface area contributed by atoms with Crippen molar-refractivity contribution in [1.29, 1.82) is 0 Å². The first kappa shape index (κ1) is 59.3. The van der Waals surface area contributed by atoms with Crippen LogP contribution in [0.4, 0.5) is 0 Å². The first-order valence-electron chi connectivity index (χ1n) is 24.1. The van der Waals surface area contributed by atoms with Crippen molar-refractivity contribution in [2.24, 2.45) is 0 Å². The number of rotatable bonds is 39. The van der Waals surface area contributed by atoms with Crippen LogP contribution in [-0.4, -0.2) is 98.9 Å². The lowest BCUT2D eigenvalue weighted by Crippen LogP contribution is -2.64. The van der Waals surface area contributed by atoms with Crippen molar-refractivity contribution in [1.82, 2.24) is 0 Å². The van der Waals surface area contributed by atoms with Crippen LogP contribution in [0.15, 0.2) is 97.2 Å². The van der Waals surface area contributed by atoms with Crippen molar-refractivity contribution in [2.75, 3.05) is 19.8 Å². The zero-order valence-electron chi connectivity index (χ0n) is 39.0. The van der Waals surface area contributed by atoms with Gasteiger partial charge >= 0.3 is 13.8 Å². The van der Waals surface area contributed by atoms with Gasteiger partial charge in [0.05, 0.1) is 13.2 Å². The molecule has 1 saturated carbocycles. The third-order valence-electron chi connectivity index (χ3n) is 10.4. The second-order valence-electron chi connectivity index (χ2n) is 16.2. The van der Waals surface area contributed by atoms with Gasteiger partial charge in [0.1, 0.15) is 42.7 Å². The van der Waals surface area contributed by atoms with Crippen LogP contribution in [-0.2, 0) is 27.9 Å². The summed E-state index contributed by atoms with van der Waals surface area (Å²) in [5.41, 5.74) is 0. The van der Waals surface area contributed by atoms with E-state index in [-0.39, 0.29) is 13.0 Å². The van der Waals surface area contributed by atoms with Gasteiger partial charge in [-0.05, 0) is 89.9 Å². The minimum atomic E-state index is -5.05. The molecular weight excluding hydrogens is 836 g/mol. The average Bonchev–Trinajstić information content (AvgIpc) is 3.28. The van der Waals surface area contributed by atoms with Crippen LogP contribution in [0.1, 0.15) is 155 Å². The summed E-state index contributed by atoms with van der Waals surface area (Å²) in [5.74, 6) is -0.509. The van der Waals surface area contributed by atoms with Crippen molar-refractivity contribution >= 4 is 13.8 Å². The van der Waals surface area contributed by atoms with Crippen LogP contribution < -0.4 is 0 Å². The predicted octanol–water partition coefficient (Wildman–Crippen LogP) is 10.3. The molecule has 0 radical (unpaired) electrons. The molecule has 0 saturated heterocycles. The highest BCUT2D eigenvalue weighted by Gasteiger charge is 2.51. The molecule has 1 aliphatic rings. The second-order valence-corrected chi connectivity index (χ2v) is 17.6. The Morgan fingerprint density at radius 3 is 1.41 bits per heavy atom. The molecule has 1 aliphatic carbocycles. The second kappa shape index (κ2) is 40.5. The largest absolute Gasteiger partial charge is 0.472 e. The van der Waals surface area contributed by atoms with Crippen LogP contribution >= 0.6 is 7.82 Å². The Bertz CT molecular complexity index is 1420. The maximum absolute atomic E-state index is 12.8. The lowest BCUT2D eigenvalue weighted by molar-refractivity contribution is -0.220. The van der Waals surface area contributed by atoms with E-state index in [1.165, 1.54) is 32.1 Å². The average molecular weight is 921 g/mol. The normalized spacial score (nSPS) is 22.6. The number of ether oxygens (including phenoxy) is 2. The molecule has 6 unspecified atom stereocenters. The van der Waals surface area contributed by atoms with Crippen molar-refractivity contribution in [3.8, 4) is 0 Å². The van der Waals surface area contributed by atoms with Gasteiger partial charge in [-0.3, -0.25) is 13.8 Å². The fraction of sp³-hybridized carbons (Fsp3) is 0.667. The van der Waals surface area contributed by atoms with Gasteiger partial charge in [-0.2, -0.15) is 0 Å². The Balaban J connectivity index is 2.44. The summed E-state index contributed by atoms with van der Waals surface area (Å²) in [6.07, 6.45) is 43.4. The Morgan fingerprint density at radius 1 is 0.516 bits per heavy atom. The van der Waals surface area contributed by atoms with E-state index in [4.69, 9.17) is 18.5 Å². The lowest BCUT2D eigenvalue weighted by atomic mass is 9.85. The van der Waals surface area contributed by atoms with Crippen molar-refractivity contribution in [2.45, 2.75) is 198 Å². The van der Waals surface area contributed by atoms with Crippen LogP contribution in [0.2, 0.25) is 0 Å². The number of hydrogen-bond donors (Lipinski definition) is 6. The van der Waals surface area contributed by atoms with Crippen molar-refractivity contribution in [3.63, 3.8) is 0 Å². The molecule has 6 atom stereocenters. The van der Waals surface area contributed by atoms with E-state index < -0.39 is 63.1 Å². The fourth-order valence-corrected chi connectivity index (χ4v) is 7.61. The molecule has 366 valence electrons. The summed E-state index contributed by atoms with van der Waals surface area (Å²) in [4.78, 5) is 23.2. The Labute approximate surface area is 385 Å². The molecule has 0 bridgehead atoms. The standard InChI is InChI=1S/C51H85O12P/c1-3-5-7-9-11-13-15-17-19-21-22-23-25-27-29-31-33-35-37-39-41-60-42-44(43-61-64(58,59)63-51-49(56)47(54)46(53)48(55)50(51)57)62-45(52)40-38-36-34-32-30-28-26-24-20-18-16-14-12-10-8-6-4-2/h5,7,11-14,17-20,22-23,27,29,33,35,44,46-51,53-57H,3-4,6,8-10,15-16,21,24-26,28,30-32,34,36-43H2,1-2H3,(H,58,59)/b7-5-,13-11-,14-12-,19-17-,20-18-,23-22-,29-27-,35-33-. The summed E-state index contributed by atoms with van der Waals surface area (Å²) < 4.78 is 34.1. The number of phosphoric ester groups is 1. The number of hydrogen-bond acceptors (Lipinski definition) is 11. The number of allylic oxidation sites excluding steroid dienone is 16. The number of phosphoric acid groups is 1. The minimum absolute atomic E-state index is 0.126. The van der Waals surface area contributed by atoms with E-state index in [9.17, 15) is 39.8 Å². The molecule has 64 heavy (non-hydrogen) atoms. The van der Waals surface area contributed by atoms with Crippen LogP contribution in [0, 0.1) is 0 Å². The molecule has 0 amide bonds. The van der Waals surface area contributed by atoms with Crippen molar-refractivity contribution < 1.29 is 58.3 Å². The lowest BCUT2D eigenvalue weighted by Gasteiger charge is -2.41. The van der Waals surface area contributed by atoms with Gasteiger partial charge in [0.2, 0.25) is 0 Å². The third-order valence-corrected chi connectivity index (χ3v) is 11.4. The van der Waals surface area contributed by atoms with Crippen LogP contribution in [0.5, 0.6) is 0 Å². The van der Waals surface area contributed by atoms with Gasteiger partial charge in [-0.15, -0.1) is 0 Å². The summed E-state index contributed by atoms with van der Waals surface area (Å²) in [6.45, 7) is 3.95. The Morgan fingerprint density at radius 2 is 0.922 bits per heavy atom. The molecule has 0 spiro atoms. The number of aliphatic hydroxyl groups excluding tert-OH is 5. The van der Waals surface area contributed by atoms with Gasteiger partial charge < -0.3 is 39.9 Å². The summed E-state index contributed by atoms with van der Waals surface area (Å²) in [7, 11) is -5.05. The Kier molecular flexibility index (Phi) is 37.5.